The number of nitrogens with one attached hydrogen (secondary N) is 4. The van der Waals surface area contributed by atoms with Crippen molar-refractivity contribution in [3.05, 3.63) is 0 Å². The molecule has 16 heavy (non-hydrogen) atoms. The Labute approximate surface area is 98.7 Å². The van der Waals surface area contributed by atoms with Gasteiger partial charge in [0.05, 0.1) is 0 Å². The SMILES string of the molecule is CNCCCNCCCNCCC(=O)NC. The van der Waals surface area contributed by atoms with Crippen molar-refractivity contribution in [1.29, 1.82) is 0 Å². The second kappa shape index (κ2) is 12.4. The fourth-order valence-corrected chi connectivity index (χ4v) is 1.31. The van der Waals surface area contributed by atoms with E-state index in [1.807, 2.05) is 7.05 Å². The molecule has 0 atom stereocenters. The fraction of sp³-hybridized carbons (Fsp3) is 0.909. The van der Waals surface area contributed by atoms with Crippen LogP contribution in [-0.2, 0) is 4.79 Å². The zero-order valence-corrected chi connectivity index (χ0v) is 10.6. The van der Waals surface area contributed by atoms with E-state index in [9.17, 15) is 4.79 Å². The predicted octanol–water partition coefficient (Wildman–Crippen LogP) is -0.699. The lowest BCUT2D eigenvalue weighted by Crippen LogP contribution is -2.27. The van der Waals surface area contributed by atoms with E-state index >= 15 is 0 Å². The number of hydrogen-bond acceptors (Lipinski definition) is 4. The predicted molar refractivity (Wildman–Crippen MR) is 67.6 cm³/mol. The maximum absolute atomic E-state index is 10.9. The molecule has 5 nitrogen and oxygen atoms in total. The zero-order chi connectivity index (χ0) is 12.1. The standard InChI is InChI=1S/C11H26N4O/c1-12-6-3-7-14-8-4-9-15-10-5-11(16)13-2/h12,14-15H,3-10H2,1-2H3,(H,13,16). The highest BCUT2D eigenvalue weighted by Gasteiger charge is 1.95. The van der Waals surface area contributed by atoms with Crippen molar-refractivity contribution in [2.24, 2.45) is 0 Å². The topological polar surface area (TPSA) is 65.2 Å². The summed E-state index contributed by atoms with van der Waals surface area (Å²) >= 11 is 0. The monoisotopic (exact) mass is 230 g/mol. The summed E-state index contributed by atoms with van der Waals surface area (Å²) in [4.78, 5) is 10.9. The van der Waals surface area contributed by atoms with Gasteiger partial charge in [0.15, 0.2) is 0 Å². The molecule has 5 heteroatoms. The zero-order valence-electron chi connectivity index (χ0n) is 10.6. The first-order valence-corrected chi connectivity index (χ1v) is 6.08. The van der Waals surface area contributed by atoms with Crippen LogP contribution in [0.1, 0.15) is 19.3 Å². The molecule has 0 saturated heterocycles. The van der Waals surface area contributed by atoms with Gasteiger partial charge in [-0.3, -0.25) is 4.79 Å². The van der Waals surface area contributed by atoms with Gasteiger partial charge in [-0.1, -0.05) is 0 Å². The Balaban J connectivity index is 2.96. The summed E-state index contributed by atoms with van der Waals surface area (Å²) in [5.74, 6) is 0.0951. The van der Waals surface area contributed by atoms with E-state index in [4.69, 9.17) is 0 Å². The number of rotatable bonds is 11. The van der Waals surface area contributed by atoms with Crippen molar-refractivity contribution in [1.82, 2.24) is 21.3 Å². The third-order valence-electron chi connectivity index (χ3n) is 2.30. The lowest BCUT2D eigenvalue weighted by molar-refractivity contribution is -0.120. The van der Waals surface area contributed by atoms with Crippen molar-refractivity contribution in [2.75, 3.05) is 46.8 Å². The number of amides is 1. The largest absolute Gasteiger partial charge is 0.359 e. The Kier molecular flexibility index (Phi) is 11.9. The molecule has 0 aliphatic rings. The van der Waals surface area contributed by atoms with E-state index in [0.717, 1.165) is 39.1 Å². The molecule has 0 radical (unpaired) electrons. The van der Waals surface area contributed by atoms with E-state index in [-0.39, 0.29) is 5.91 Å². The van der Waals surface area contributed by atoms with Crippen LogP contribution in [0.5, 0.6) is 0 Å². The van der Waals surface area contributed by atoms with E-state index < -0.39 is 0 Å². The molecule has 0 aromatic heterocycles. The summed E-state index contributed by atoms with van der Waals surface area (Å²) in [5.41, 5.74) is 0. The van der Waals surface area contributed by atoms with Gasteiger partial charge in [0.25, 0.3) is 0 Å². The molecular formula is C11H26N4O. The van der Waals surface area contributed by atoms with Crippen LogP contribution in [0.15, 0.2) is 0 Å². The average molecular weight is 230 g/mol. The lowest BCUT2D eigenvalue weighted by atomic mass is 10.3. The lowest BCUT2D eigenvalue weighted by Gasteiger charge is -2.06. The Morgan fingerprint density at radius 1 is 0.875 bits per heavy atom. The molecule has 0 aliphatic heterocycles. The van der Waals surface area contributed by atoms with E-state index in [2.05, 4.69) is 21.3 Å². The normalized spacial score (nSPS) is 10.4. The van der Waals surface area contributed by atoms with Crippen molar-refractivity contribution < 1.29 is 4.79 Å². The van der Waals surface area contributed by atoms with Gasteiger partial charge >= 0.3 is 0 Å². The molecule has 1 amide bonds. The second-order valence-electron chi connectivity index (χ2n) is 3.73. The van der Waals surface area contributed by atoms with E-state index in [1.54, 1.807) is 7.05 Å². The number of carbonyl (C=O) groups excluding carboxylic acids is 1. The Bertz CT molecular complexity index is 164. The van der Waals surface area contributed by atoms with Crippen LogP contribution in [0.25, 0.3) is 0 Å². The second-order valence-corrected chi connectivity index (χ2v) is 3.73. The van der Waals surface area contributed by atoms with Gasteiger partial charge in [-0.05, 0) is 46.1 Å². The van der Waals surface area contributed by atoms with Crippen LogP contribution in [0, 0.1) is 0 Å². The molecular weight excluding hydrogens is 204 g/mol. The minimum Gasteiger partial charge on any atom is -0.359 e. The molecule has 0 aromatic rings. The first-order chi connectivity index (χ1) is 7.81. The first kappa shape index (κ1) is 15.3. The Morgan fingerprint density at radius 3 is 2.00 bits per heavy atom. The minimum atomic E-state index is 0.0951. The van der Waals surface area contributed by atoms with Crippen LogP contribution in [-0.4, -0.2) is 52.7 Å². The highest BCUT2D eigenvalue weighted by molar-refractivity contribution is 5.75. The van der Waals surface area contributed by atoms with Gasteiger partial charge in [-0.15, -0.1) is 0 Å². The van der Waals surface area contributed by atoms with Gasteiger partial charge in [0.2, 0.25) is 5.91 Å². The first-order valence-electron chi connectivity index (χ1n) is 6.08. The van der Waals surface area contributed by atoms with E-state index in [0.29, 0.717) is 6.42 Å². The van der Waals surface area contributed by atoms with Gasteiger partial charge < -0.3 is 21.3 Å². The van der Waals surface area contributed by atoms with Gasteiger partial charge in [0.1, 0.15) is 0 Å². The van der Waals surface area contributed by atoms with Crippen molar-refractivity contribution >= 4 is 5.91 Å². The molecule has 0 unspecified atom stereocenters. The number of carbonyl (C=O) groups is 1. The summed E-state index contributed by atoms with van der Waals surface area (Å²) in [7, 11) is 3.63. The van der Waals surface area contributed by atoms with Crippen LogP contribution in [0.3, 0.4) is 0 Å². The van der Waals surface area contributed by atoms with Crippen LogP contribution in [0.4, 0.5) is 0 Å². The molecule has 0 heterocycles. The van der Waals surface area contributed by atoms with Crippen LogP contribution < -0.4 is 21.3 Å². The Morgan fingerprint density at radius 2 is 1.44 bits per heavy atom. The van der Waals surface area contributed by atoms with E-state index in [1.165, 1.54) is 6.42 Å². The maximum atomic E-state index is 10.9. The third-order valence-corrected chi connectivity index (χ3v) is 2.30. The molecule has 0 rings (SSSR count). The van der Waals surface area contributed by atoms with Crippen LogP contribution >= 0.6 is 0 Å². The smallest absolute Gasteiger partial charge is 0.221 e. The maximum Gasteiger partial charge on any atom is 0.221 e. The van der Waals surface area contributed by atoms with Gasteiger partial charge in [-0.2, -0.15) is 0 Å². The summed E-state index contributed by atoms with van der Waals surface area (Å²) in [6, 6.07) is 0. The summed E-state index contributed by atoms with van der Waals surface area (Å²) in [5, 5.41) is 12.3. The molecule has 0 fully saturated rings. The minimum absolute atomic E-state index is 0.0951. The number of hydrogen-bond donors (Lipinski definition) is 4. The van der Waals surface area contributed by atoms with Crippen molar-refractivity contribution in [2.45, 2.75) is 19.3 Å². The highest BCUT2D eigenvalue weighted by atomic mass is 16.1. The molecule has 0 aliphatic carbocycles. The molecule has 0 saturated carbocycles. The summed E-state index contributed by atoms with van der Waals surface area (Å²) < 4.78 is 0. The van der Waals surface area contributed by atoms with Crippen molar-refractivity contribution in [3.63, 3.8) is 0 Å². The molecule has 0 aromatic carbocycles. The average Bonchev–Trinajstić information content (AvgIpc) is 2.31. The molecule has 0 bridgehead atoms. The fourth-order valence-electron chi connectivity index (χ4n) is 1.31. The quantitative estimate of drug-likeness (QED) is 0.355. The third kappa shape index (κ3) is 11.4. The summed E-state index contributed by atoms with van der Waals surface area (Å²) in [6.45, 7) is 4.91. The van der Waals surface area contributed by atoms with Crippen LogP contribution in [0.2, 0.25) is 0 Å². The molecule has 4 N–H and O–H groups in total. The van der Waals surface area contributed by atoms with Crippen molar-refractivity contribution in [3.8, 4) is 0 Å². The molecule has 96 valence electrons. The van der Waals surface area contributed by atoms with Gasteiger partial charge in [0, 0.05) is 20.0 Å². The van der Waals surface area contributed by atoms with Gasteiger partial charge in [-0.25, -0.2) is 0 Å². The summed E-state index contributed by atoms with van der Waals surface area (Å²) in [6.07, 6.45) is 2.83. The molecule has 0 spiro atoms. The highest BCUT2D eigenvalue weighted by Crippen LogP contribution is 1.79. The Hall–Kier alpha value is -0.650.